The first-order chi connectivity index (χ1) is 10.9. The molecule has 0 aliphatic heterocycles. The van der Waals surface area contributed by atoms with Gasteiger partial charge in [-0.3, -0.25) is 4.79 Å². The lowest BCUT2D eigenvalue weighted by Crippen LogP contribution is -2.15. The first-order valence-corrected chi connectivity index (χ1v) is 6.62. The van der Waals surface area contributed by atoms with Gasteiger partial charge < -0.3 is 25.2 Å². The third kappa shape index (κ3) is 7.61. The van der Waals surface area contributed by atoms with Gasteiger partial charge in [0.1, 0.15) is 0 Å². The quantitative estimate of drug-likeness (QED) is 0.204. The zero-order valence-corrected chi connectivity index (χ0v) is 13.3. The number of carbonyl (C=O) groups is 2. The Kier molecular flexibility index (Phi) is 9.83. The molecule has 0 aromatic heterocycles. The van der Waals surface area contributed by atoms with Crippen LogP contribution >= 0.6 is 12.4 Å². The van der Waals surface area contributed by atoms with Gasteiger partial charge in [-0.05, 0) is 18.2 Å². The molecule has 0 heterocycles. The van der Waals surface area contributed by atoms with Crippen LogP contribution in [0.15, 0.2) is 18.2 Å². The predicted molar refractivity (Wildman–Crippen MR) is 83.0 cm³/mol. The molecule has 0 saturated heterocycles. The summed E-state index contributed by atoms with van der Waals surface area (Å²) < 4.78 is 10.4. The number of ether oxygens (including phenoxy) is 2. The minimum Gasteiger partial charge on any atom is -0.490 e. The van der Waals surface area contributed by atoms with Crippen molar-refractivity contribution < 1.29 is 34.1 Å². The molecule has 24 heavy (non-hydrogen) atoms. The Labute approximate surface area is 143 Å². The van der Waals surface area contributed by atoms with E-state index < -0.39 is 17.0 Å². The Hall–Kier alpha value is -2.59. The van der Waals surface area contributed by atoms with Crippen LogP contribution in [0.1, 0.15) is 23.2 Å². The molecule has 0 saturated carbocycles. The zero-order chi connectivity index (χ0) is 17.2. The fourth-order valence-electron chi connectivity index (χ4n) is 1.51. The number of esters is 1. The lowest BCUT2D eigenvalue weighted by Gasteiger charge is -2.12. The summed E-state index contributed by atoms with van der Waals surface area (Å²) in [4.78, 5) is 36.6. The summed E-state index contributed by atoms with van der Waals surface area (Å²) in [5.74, 6) is -1.73. The standard InChI is InChI=1S/C13H16N2O8.ClH/c14-5-4-12(16)23-11-8-9(13(17)18)2-3-10(11)21-6-1-7-22-15(19)20;/h2-3,8H,1,4-7,14H2,(H,17,18);1H. The van der Waals surface area contributed by atoms with Gasteiger partial charge in [0.15, 0.2) is 11.5 Å². The fraction of sp³-hybridized carbons (Fsp3) is 0.385. The van der Waals surface area contributed by atoms with E-state index in [1.807, 2.05) is 0 Å². The van der Waals surface area contributed by atoms with Crippen molar-refractivity contribution in [2.45, 2.75) is 12.8 Å². The second-order valence-electron chi connectivity index (χ2n) is 4.24. The van der Waals surface area contributed by atoms with Crippen molar-refractivity contribution in [1.82, 2.24) is 0 Å². The van der Waals surface area contributed by atoms with Crippen LogP contribution in [-0.4, -0.2) is 41.9 Å². The Morgan fingerprint density at radius 2 is 1.96 bits per heavy atom. The number of nitrogens with two attached hydrogens (primary N) is 1. The normalized spacial score (nSPS) is 9.54. The number of halogens is 1. The van der Waals surface area contributed by atoms with Gasteiger partial charge in [0.2, 0.25) is 0 Å². The molecule has 0 aliphatic carbocycles. The molecule has 1 rings (SSSR count). The van der Waals surface area contributed by atoms with Gasteiger partial charge in [-0.1, -0.05) is 0 Å². The lowest BCUT2D eigenvalue weighted by molar-refractivity contribution is -0.757. The largest absolute Gasteiger partial charge is 0.490 e. The second kappa shape index (κ2) is 11.0. The molecule has 0 unspecified atom stereocenters. The van der Waals surface area contributed by atoms with Gasteiger partial charge in [0.25, 0.3) is 5.09 Å². The van der Waals surface area contributed by atoms with Crippen LogP contribution in [0.5, 0.6) is 11.5 Å². The number of hydrogen-bond donors (Lipinski definition) is 2. The van der Waals surface area contributed by atoms with Gasteiger partial charge in [-0.15, -0.1) is 22.5 Å². The highest BCUT2D eigenvalue weighted by Crippen LogP contribution is 2.29. The highest BCUT2D eigenvalue weighted by atomic mass is 35.5. The number of benzene rings is 1. The number of carboxylic acids is 1. The summed E-state index contributed by atoms with van der Waals surface area (Å²) in [6.45, 7) is -0.00389. The first kappa shape index (κ1) is 21.4. The second-order valence-corrected chi connectivity index (χ2v) is 4.24. The maximum Gasteiger partial charge on any atom is 0.335 e. The molecule has 0 amide bonds. The van der Waals surface area contributed by atoms with Crippen LogP contribution in [0.25, 0.3) is 0 Å². The van der Waals surface area contributed by atoms with E-state index in [4.69, 9.17) is 20.3 Å². The summed E-state index contributed by atoms with van der Waals surface area (Å²) in [7, 11) is 0. The summed E-state index contributed by atoms with van der Waals surface area (Å²) in [5, 5.41) is 18.0. The van der Waals surface area contributed by atoms with Crippen LogP contribution in [0.4, 0.5) is 0 Å². The first-order valence-electron chi connectivity index (χ1n) is 6.62. The number of hydrogen-bond acceptors (Lipinski definition) is 8. The molecule has 11 heteroatoms. The number of carbonyl (C=O) groups excluding carboxylic acids is 1. The Balaban J connectivity index is 0.00000529. The molecule has 0 fully saturated rings. The maximum absolute atomic E-state index is 11.5. The topological polar surface area (TPSA) is 151 Å². The van der Waals surface area contributed by atoms with Gasteiger partial charge in [-0.2, -0.15) is 0 Å². The van der Waals surface area contributed by atoms with Crippen molar-refractivity contribution in [1.29, 1.82) is 0 Å². The van der Waals surface area contributed by atoms with Crippen molar-refractivity contribution in [3.63, 3.8) is 0 Å². The summed E-state index contributed by atoms with van der Waals surface area (Å²) in [6, 6.07) is 3.77. The van der Waals surface area contributed by atoms with Gasteiger partial charge in [0.05, 0.1) is 25.2 Å². The molecule has 0 spiro atoms. The van der Waals surface area contributed by atoms with Crippen LogP contribution in [-0.2, 0) is 9.63 Å². The van der Waals surface area contributed by atoms with Crippen LogP contribution in [0, 0.1) is 10.1 Å². The van der Waals surface area contributed by atoms with E-state index >= 15 is 0 Å². The molecular formula is C13H17ClN2O8. The number of aromatic carboxylic acids is 1. The van der Waals surface area contributed by atoms with Gasteiger partial charge >= 0.3 is 11.9 Å². The average Bonchev–Trinajstić information content (AvgIpc) is 2.47. The highest BCUT2D eigenvalue weighted by Gasteiger charge is 2.14. The minimum absolute atomic E-state index is 0. The van der Waals surface area contributed by atoms with Crippen molar-refractivity contribution in [2.75, 3.05) is 19.8 Å². The van der Waals surface area contributed by atoms with Crippen LogP contribution < -0.4 is 15.2 Å². The summed E-state index contributed by atoms with van der Waals surface area (Å²) in [6.07, 6.45) is 0.186. The van der Waals surface area contributed by atoms with E-state index in [-0.39, 0.29) is 62.1 Å². The number of carboxylic acid groups (broad SMARTS) is 1. The lowest BCUT2D eigenvalue weighted by atomic mass is 10.2. The molecule has 0 atom stereocenters. The molecular weight excluding hydrogens is 348 g/mol. The van der Waals surface area contributed by atoms with Crippen LogP contribution in [0.2, 0.25) is 0 Å². The number of nitrogens with zero attached hydrogens (tertiary/aromatic N) is 1. The fourth-order valence-corrected chi connectivity index (χ4v) is 1.51. The van der Waals surface area contributed by atoms with E-state index in [1.165, 1.54) is 12.1 Å². The molecule has 3 N–H and O–H groups in total. The Morgan fingerprint density at radius 3 is 2.54 bits per heavy atom. The molecule has 0 bridgehead atoms. The summed E-state index contributed by atoms with van der Waals surface area (Å²) >= 11 is 0. The smallest absolute Gasteiger partial charge is 0.335 e. The molecule has 10 nitrogen and oxygen atoms in total. The SMILES string of the molecule is Cl.NCCC(=O)Oc1cc(C(=O)O)ccc1OCCCO[N+](=O)[O-]. The van der Waals surface area contributed by atoms with Crippen molar-refractivity contribution in [2.24, 2.45) is 5.73 Å². The molecule has 0 radical (unpaired) electrons. The van der Waals surface area contributed by atoms with E-state index in [1.54, 1.807) is 0 Å². The Bertz CT molecular complexity index is 581. The molecule has 1 aromatic carbocycles. The van der Waals surface area contributed by atoms with Crippen molar-refractivity contribution in [3.8, 4) is 11.5 Å². The molecule has 134 valence electrons. The average molecular weight is 365 g/mol. The van der Waals surface area contributed by atoms with E-state index in [2.05, 4.69) is 4.84 Å². The minimum atomic E-state index is -1.19. The van der Waals surface area contributed by atoms with Gasteiger partial charge in [0, 0.05) is 13.0 Å². The highest BCUT2D eigenvalue weighted by molar-refractivity contribution is 5.89. The van der Waals surface area contributed by atoms with Crippen molar-refractivity contribution >= 4 is 24.3 Å². The third-order valence-corrected chi connectivity index (χ3v) is 2.51. The van der Waals surface area contributed by atoms with E-state index in [0.717, 1.165) is 6.07 Å². The monoisotopic (exact) mass is 364 g/mol. The van der Waals surface area contributed by atoms with Gasteiger partial charge in [-0.25, -0.2) is 4.79 Å². The third-order valence-electron chi connectivity index (χ3n) is 2.51. The van der Waals surface area contributed by atoms with E-state index in [0.29, 0.717) is 0 Å². The predicted octanol–water partition coefficient (Wildman–Crippen LogP) is 1.04. The zero-order valence-electron chi connectivity index (χ0n) is 12.5. The Morgan fingerprint density at radius 1 is 1.25 bits per heavy atom. The van der Waals surface area contributed by atoms with Crippen molar-refractivity contribution in [3.05, 3.63) is 33.9 Å². The molecule has 0 aliphatic rings. The maximum atomic E-state index is 11.5. The summed E-state index contributed by atoms with van der Waals surface area (Å²) in [5.41, 5.74) is 5.16. The number of rotatable bonds is 10. The van der Waals surface area contributed by atoms with E-state index in [9.17, 15) is 19.7 Å². The molecule has 1 aromatic rings. The van der Waals surface area contributed by atoms with Crippen LogP contribution in [0.3, 0.4) is 0 Å².